The van der Waals surface area contributed by atoms with Gasteiger partial charge in [0.25, 0.3) is 5.91 Å². The fourth-order valence-electron chi connectivity index (χ4n) is 3.36. The van der Waals surface area contributed by atoms with Crippen LogP contribution in [0.3, 0.4) is 0 Å². The average molecular weight is 410 g/mol. The Balaban J connectivity index is 1.85. The summed E-state index contributed by atoms with van der Waals surface area (Å²) in [6.45, 7) is 1.86. The van der Waals surface area contributed by atoms with Crippen molar-refractivity contribution in [3.63, 3.8) is 0 Å². The highest BCUT2D eigenvalue weighted by Crippen LogP contribution is 2.31. The summed E-state index contributed by atoms with van der Waals surface area (Å²) in [5.41, 5.74) is 3.84. The van der Waals surface area contributed by atoms with Gasteiger partial charge in [0.15, 0.2) is 11.4 Å². The Morgan fingerprint density at radius 2 is 2.03 bits per heavy atom. The molecule has 3 heterocycles. The lowest BCUT2D eigenvalue weighted by molar-refractivity contribution is 0.102. The molecule has 1 aromatic carbocycles. The van der Waals surface area contributed by atoms with Crippen molar-refractivity contribution in [1.29, 1.82) is 0 Å². The summed E-state index contributed by atoms with van der Waals surface area (Å²) in [4.78, 5) is 19.9. The molecule has 0 bridgehead atoms. The molecule has 0 aliphatic rings. The summed E-state index contributed by atoms with van der Waals surface area (Å²) in [5.74, 6) is 0.309. The Labute approximate surface area is 172 Å². The molecule has 0 saturated heterocycles. The molecule has 0 fully saturated rings. The SMILES string of the molecule is Cc1nn(C)c2nc(-c3ccco3)cc(C(=O)Nc3cc(Cl)ccc3N(C)C)c12. The Bertz CT molecular complexity index is 1210. The van der Waals surface area contributed by atoms with Crippen LogP contribution in [-0.2, 0) is 7.05 Å². The summed E-state index contributed by atoms with van der Waals surface area (Å²) >= 11 is 6.16. The molecule has 8 heteroatoms. The highest BCUT2D eigenvalue weighted by atomic mass is 35.5. The van der Waals surface area contributed by atoms with E-state index in [4.69, 9.17) is 16.0 Å². The molecule has 3 aromatic heterocycles. The second kappa shape index (κ2) is 7.25. The van der Waals surface area contributed by atoms with Gasteiger partial charge in [0.05, 0.1) is 34.3 Å². The number of hydrogen-bond acceptors (Lipinski definition) is 5. The van der Waals surface area contributed by atoms with Crippen LogP contribution in [0.2, 0.25) is 5.02 Å². The largest absolute Gasteiger partial charge is 0.463 e. The predicted molar refractivity (Wildman–Crippen MR) is 115 cm³/mol. The standard InChI is InChI=1S/C21H20ClN5O2/c1-12-19-14(21(28)24-15-10-13(22)7-8-17(15)26(2)3)11-16(18-6-5-9-29-18)23-20(19)27(4)25-12/h5-11H,1-4H3,(H,24,28). The third-order valence-corrected chi connectivity index (χ3v) is 4.91. The van der Waals surface area contributed by atoms with E-state index in [2.05, 4.69) is 15.4 Å². The third kappa shape index (κ3) is 3.45. The van der Waals surface area contributed by atoms with E-state index in [1.807, 2.05) is 32.0 Å². The summed E-state index contributed by atoms with van der Waals surface area (Å²) in [5, 5.41) is 8.67. The summed E-state index contributed by atoms with van der Waals surface area (Å²) in [6.07, 6.45) is 1.57. The highest BCUT2D eigenvalue weighted by Gasteiger charge is 2.21. The van der Waals surface area contributed by atoms with Crippen molar-refractivity contribution >= 4 is 39.9 Å². The van der Waals surface area contributed by atoms with Crippen LogP contribution in [0.25, 0.3) is 22.5 Å². The molecule has 0 atom stereocenters. The molecule has 0 aliphatic heterocycles. The Morgan fingerprint density at radius 1 is 1.24 bits per heavy atom. The molecule has 0 unspecified atom stereocenters. The Morgan fingerprint density at radius 3 is 2.72 bits per heavy atom. The van der Waals surface area contributed by atoms with Gasteiger partial charge in [-0.2, -0.15) is 5.10 Å². The van der Waals surface area contributed by atoms with Crippen LogP contribution in [0.15, 0.2) is 47.1 Å². The van der Waals surface area contributed by atoms with Gasteiger partial charge in [-0.3, -0.25) is 9.48 Å². The quantitative estimate of drug-likeness (QED) is 0.536. The molecule has 1 N–H and O–H groups in total. The molecule has 0 spiro atoms. The second-order valence-corrected chi connectivity index (χ2v) is 7.39. The molecule has 148 valence electrons. The molecule has 1 amide bonds. The normalized spacial score (nSPS) is 11.1. The number of aryl methyl sites for hydroxylation is 2. The van der Waals surface area contributed by atoms with Gasteiger partial charge in [-0.05, 0) is 43.3 Å². The zero-order chi connectivity index (χ0) is 20.7. The first-order valence-electron chi connectivity index (χ1n) is 9.01. The number of benzene rings is 1. The van der Waals surface area contributed by atoms with Crippen LogP contribution in [0, 0.1) is 6.92 Å². The number of pyridine rings is 1. The van der Waals surface area contributed by atoms with Crippen molar-refractivity contribution in [1.82, 2.24) is 14.8 Å². The molecule has 0 radical (unpaired) electrons. The van der Waals surface area contributed by atoms with E-state index in [0.29, 0.717) is 38.8 Å². The summed E-state index contributed by atoms with van der Waals surface area (Å²) < 4.78 is 7.15. The highest BCUT2D eigenvalue weighted by molar-refractivity contribution is 6.31. The number of carbonyl (C=O) groups is 1. The fraction of sp³-hybridized carbons (Fsp3) is 0.190. The van der Waals surface area contributed by atoms with Crippen molar-refractivity contribution in [2.24, 2.45) is 7.05 Å². The van der Waals surface area contributed by atoms with Gasteiger partial charge >= 0.3 is 0 Å². The Hall–Kier alpha value is -3.32. The molecule has 0 saturated carbocycles. The second-order valence-electron chi connectivity index (χ2n) is 6.95. The minimum Gasteiger partial charge on any atom is -0.463 e. The van der Waals surface area contributed by atoms with Crippen LogP contribution < -0.4 is 10.2 Å². The maximum absolute atomic E-state index is 13.3. The van der Waals surface area contributed by atoms with Crippen LogP contribution in [0.4, 0.5) is 11.4 Å². The maximum atomic E-state index is 13.3. The van der Waals surface area contributed by atoms with Crippen molar-refractivity contribution in [2.45, 2.75) is 6.92 Å². The van der Waals surface area contributed by atoms with Crippen LogP contribution in [-0.4, -0.2) is 34.8 Å². The summed E-state index contributed by atoms with van der Waals surface area (Å²) in [6, 6.07) is 10.7. The Kier molecular flexibility index (Phi) is 4.76. The van der Waals surface area contributed by atoms with Gasteiger partial charge in [-0.15, -0.1) is 0 Å². The molecular formula is C21H20ClN5O2. The third-order valence-electron chi connectivity index (χ3n) is 4.68. The van der Waals surface area contributed by atoms with E-state index in [1.54, 1.807) is 48.3 Å². The average Bonchev–Trinajstić information content (AvgIpc) is 3.30. The number of rotatable bonds is 4. The van der Waals surface area contributed by atoms with Gasteiger partial charge < -0.3 is 14.6 Å². The van der Waals surface area contributed by atoms with Crippen molar-refractivity contribution in [2.75, 3.05) is 24.3 Å². The monoisotopic (exact) mass is 409 g/mol. The van der Waals surface area contributed by atoms with Crippen LogP contribution in [0.1, 0.15) is 16.1 Å². The number of fused-ring (bicyclic) bond motifs is 1. The van der Waals surface area contributed by atoms with E-state index < -0.39 is 0 Å². The topological polar surface area (TPSA) is 76.2 Å². The van der Waals surface area contributed by atoms with Crippen molar-refractivity contribution in [3.05, 3.63) is 58.9 Å². The zero-order valence-electron chi connectivity index (χ0n) is 16.5. The molecular weight excluding hydrogens is 390 g/mol. The minimum atomic E-state index is -0.272. The number of anilines is 2. The van der Waals surface area contributed by atoms with E-state index in [9.17, 15) is 4.79 Å². The van der Waals surface area contributed by atoms with Crippen LogP contribution in [0.5, 0.6) is 0 Å². The number of halogens is 1. The molecule has 4 aromatic rings. The first kappa shape index (κ1) is 19.0. The van der Waals surface area contributed by atoms with Crippen molar-refractivity contribution < 1.29 is 9.21 Å². The smallest absolute Gasteiger partial charge is 0.256 e. The lowest BCUT2D eigenvalue weighted by Gasteiger charge is -2.18. The summed E-state index contributed by atoms with van der Waals surface area (Å²) in [7, 11) is 5.62. The molecule has 4 rings (SSSR count). The zero-order valence-corrected chi connectivity index (χ0v) is 17.3. The van der Waals surface area contributed by atoms with E-state index in [1.165, 1.54) is 0 Å². The number of carbonyl (C=O) groups excluding carboxylic acids is 1. The number of nitrogens with one attached hydrogen (secondary N) is 1. The van der Waals surface area contributed by atoms with Gasteiger partial charge in [0, 0.05) is 26.2 Å². The number of nitrogens with zero attached hydrogens (tertiary/aromatic N) is 4. The minimum absolute atomic E-state index is 0.272. The van der Waals surface area contributed by atoms with E-state index in [-0.39, 0.29) is 5.91 Å². The predicted octanol–water partition coefficient (Wildman–Crippen LogP) is 4.51. The van der Waals surface area contributed by atoms with Gasteiger partial charge in [0.1, 0.15) is 5.69 Å². The maximum Gasteiger partial charge on any atom is 0.256 e. The van der Waals surface area contributed by atoms with E-state index >= 15 is 0 Å². The number of hydrogen-bond donors (Lipinski definition) is 1. The first-order chi connectivity index (χ1) is 13.8. The number of furan rings is 1. The molecule has 0 aliphatic carbocycles. The molecule has 7 nitrogen and oxygen atoms in total. The number of aromatic nitrogens is 3. The van der Waals surface area contributed by atoms with Gasteiger partial charge in [-0.25, -0.2) is 4.98 Å². The van der Waals surface area contributed by atoms with Gasteiger partial charge in [-0.1, -0.05) is 11.6 Å². The van der Waals surface area contributed by atoms with Gasteiger partial charge in [0.2, 0.25) is 0 Å². The van der Waals surface area contributed by atoms with Crippen LogP contribution >= 0.6 is 11.6 Å². The lowest BCUT2D eigenvalue weighted by atomic mass is 10.1. The molecule has 29 heavy (non-hydrogen) atoms. The first-order valence-corrected chi connectivity index (χ1v) is 9.39. The number of amides is 1. The van der Waals surface area contributed by atoms with Crippen molar-refractivity contribution in [3.8, 4) is 11.5 Å². The fourth-order valence-corrected chi connectivity index (χ4v) is 3.53. The van der Waals surface area contributed by atoms with E-state index in [0.717, 1.165) is 11.4 Å². The lowest BCUT2D eigenvalue weighted by Crippen LogP contribution is -2.17.